The maximum absolute atomic E-state index is 9.70. The number of rotatable bonds is 0. The molecule has 0 saturated heterocycles. The van der Waals surface area contributed by atoms with Crippen LogP contribution in [0.4, 0.5) is 0 Å². The standard InChI is InChI=1S/C10H9O2S/c11-13(12)8-4-3-6-9-5-1-2-7-10(9)13/h1-5,7-8,11-12H. The van der Waals surface area contributed by atoms with Gasteiger partial charge in [-0.25, -0.2) is 0 Å². The monoisotopic (exact) mass is 193 g/mol. The summed E-state index contributed by atoms with van der Waals surface area (Å²) in [6.45, 7) is 0. The lowest BCUT2D eigenvalue weighted by Gasteiger charge is -2.28. The lowest BCUT2D eigenvalue weighted by atomic mass is 10.2. The Labute approximate surface area is 78.6 Å². The third-order valence-electron chi connectivity index (χ3n) is 1.81. The van der Waals surface area contributed by atoms with Gasteiger partial charge < -0.3 is 0 Å². The molecule has 2 nitrogen and oxygen atoms in total. The molecule has 1 heterocycles. The van der Waals surface area contributed by atoms with Gasteiger partial charge in [0, 0.05) is 11.0 Å². The second kappa shape index (κ2) is 3.03. The molecule has 13 heavy (non-hydrogen) atoms. The van der Waals surface area contributed by atoms with E-state index < -0.39 is 10.6 Å². The second-order valence-electron chi connectivity index (χ2n) is 2.73. The molecule has 0 aromatic heterocycles. The van der Waals surface area contributed by atoms with Gasteiger partial charge in [0.2, 0.25) is 0 Å². The summed E-state index contributed by atoms with van der Waals surface area (Å²) in [5.74, 6) is 0. The van der Waals surface area contributed by atoms with Crippen molar-refractivity contribution in [3.05, 3.63) is 53.5 Å². The van der Waals surface area contributed by atoms with E-state index in [4.69, 9.17) is 0 Å². The zero-order valence-electron chi connectivity index (χ0n) is 6.84. The Morgan fingerprint density at radius 1 is 1.15 bits per heavy atom. The molecule has 0 spiro atoms. The number of allylic oxidation sites excluding steroid dienone is 2. The van der Waals surface area contributed by atoms with E-state index in [0.29, 0.717) is 4.90 Å². The highest BCUT2D eigenvalue weighted by atomic mass is 32.3. The summed E-state index contributed by atoms with van der Waals surface area (Å²) in [6, 6.07) is 7.16. The molecule has 0 amide bonds. The normalized spacial score (nSPS) is 20.5. The Morgan fingerprint density at radius 3 is 2.77 bits per heavy atom. The van der Waals surface area contributed by atoms with Gasteiger partial charge >= 0.3 is 0 Å². The summed E-state index contributed by atoms with van der Waals surface area (Å²) in [7, 11) is -2.75. The number of hydrogen-bond acceptors (Lipinski definition) is 2. The lowest BCUT2D eigenvalue weighted by molar-refractivity contribution is 0.499. The molecule has 1 aromatic rings. The van der Waals surface area contributed by atoms with Crippen molar-refractivity contribution in [3.63, 3.8) is 0 Å². The van der Waals surface area contributed by atoms with Gasteiger partial charge in [0.25, 0.3) is 0 Å². The van der Waals surface area contributed by atoms with E-state index in [2.05, 4.69) is 6.08 Å². The van der Waals surface area contributed by atoms with Crippen molar-refractivity contribution in [3.8, 4) is 0 Å². The van der Waals surface area contributed by atoms with E-state index in [1.807, 2.05) is 12.1 Å². The first-order chi connectivity index (χ1) is 6.20. The fraction of sp³-hybridized carbons (Fsp3) is 0. The van der Waals surface area contributed by atoms with E-state index in [1.54, 1.807) is 24.3 Å². The van der Waals surface area contributed by atoms with Crippen LogP contribution in [0.1, 0.15) is 5.56 Å². The largest absolute Gasteiger partial charge is 0.291 e. The maximum atomic E-state index is 9.70. The number of fused-ring (bicyclic) bond motifs is 1. The molecular weight excluding hydrogens is 184 g/mol. The van der Waals surface area contributed by atoms with Gasteiger partial charge in [-0.1, -0.05) is 24.3 Å². The molecule has 3 heteroatoms. The van der Waals surface area contributed by atoms with Gasteiger partial charge in [-0.15, -0.1) is 10.6 Å². The highest BCUT2D eigenvalue weighted by Crippen LogP contribution is 2.51. The highest BCUT2D eigenvalue weighted by molar-refractivity contribution is 8.26. The van der Waals surface area contributed by atoms with E-state index in [9.17, 15) is 9.11 Å². The molecule has 0 atom stereocenters. The quantitative estimate of drug-likeness (QED) is 0.664. The van der Waals surface area contributed by atoms with Crippen molar-refractivity contribution < 1.29 is 9.11 Å². The third-order valence-corrected chi connectivity index (χ3v) is 3.35. The molecule has 2 N–H and O–H groups in total. The first kappa shape index (κ1) is 8.56. The maximum Gasteiger partial charge on any atom is 0.0708 e. The van der Waals surface area contributed by atoms with Crippen LogP contribution in [0.15, 0.2) is 46.7 Å². The van der Waals surface area contributed by atoms with Gasteiger partial charge in [-0.2, -0.15) is 0 Å². The zero-order chi connectivity index (χ0) is 9.31. The molecule has 2 rings (SSSR count). The van der Waals surface area contributed by atoms with Crippen LogP contribution >= 0.6 is 10.6 Å². The van der Waals surface area contributed by atoms with Crippen LogP contribution < -0.4 is 0 Å². The Balaban J connectivity index is 2.64. The SMILES string of the molecule is OS1(O)C=CC=[C]c2ccccc21. The van der Waals surface area contributed by atoms with E-state index in [-0.39, 0.29) is 0 Å². The third kappa shape index (κ3) is 1.54. The second-order valence-corrected chi connectivity index (χ2v) is 4.63. The minimum Gasteiger partial charge on any atom is -0.291 e. The van der Waals surface area contributed by atoms with Crippen molar-refractivity contribution in [2.75, 3.05) is 0 Å². The molecule has 1 aliphatic heterocycles. The van der Waals surface area contributed by atoms with Crippen LogP contribution in [0.25, 0.3) is 0 Å². The van der Waals surface area contributed by atoms with Crippen molar-refractivity contribution in [1.29, 1.82) is 0 Å². The molecule has 1 aromatic carbocycles. The molecule has 0 saturated carbocycles. The van der Waals surface area contributed by atoms with E-state index in [0.717, 1.165) is 5.56 Å². The van der Waals surface area contributed by atoms with Crippen LogP contribution in [-0.2, 0) is 0 Å². The van der Waals surface area contributed by atoms with Crippen LogP contribution in [0.3, 0.4) is 0 Å². The molecule has 0 bridgehead atoms. The van der Waals surface area contributed by atoms with Gasteiger partial charge in [-0.3, -0.25) is 9.11 Å². The van der Waals surface area contributed by atoms with E-state index >= 15 is 0 Å². The van der Waals surface area contributed by atoms with Crippen LogP contribution in [0, 0.1) is 6.08 Å². The average Bonchev–Trinajstić information content (AvgIpc) is 2.26. The van der Waals surface area contributed by atoms with Crippen LogP contribution in [0.2, 0.25) is 0 Å². The Morgan fingerprint density at radius 2 is 1.92 bits per heavy atom. The summed E-state index contributed by atoms with van der Waals surface area (Å²) >= 11 is 0. The predicted molar refractivity (Wildman–Crippen MR) is 53.6 cm³/mol. The molecule has 1 radical (unpaired) electrons. The van der Waals surface area contributed by atoms with Gasteiger partial charge in [-0.05, 0) is 18.2 Å². The first-order valence-electron chi connectivity index (χ1n) is 3.84. The number of benzene rings is 1. The Hall–Kier alpha value is -1.03. The van der Waals surface area contributed by atoms with E-state index in [1.165, 1.54) is 5.41 Å². The Bertz CT molecular complexity index is 380. The molecule has 0 aliphatic carbocycles. The highest BCUT2D eigenvalue weighted by Gasteiger charge is 2.15. The molecule has 67 valence electrons. The summed E-state index contributed by atoms with van der Waals surface area (Å²) in [5.41, 5.74) is 0.743. The van der Waals surface area contributed by atoms with Gasteiger partial charge in [0.1, 0.15) is 0 Å². The summed E-state index contributed by atoms with van der Waals surface area (Å²) < 4.78 is 19.4. The summed E-state index contributed by atoms with van der Waals surface area (Å²) in [4.78, 5) is 0.542. The summed E-state index contributed by atoms with van der Waals surface area (Å²) in [6.07, 6.45) is 6.26. The van der Waals surface area contributed by atoms with Crippen molar-refractivity contribution >= 4 is 10.6 Å². The van der Waals surface area contributed by atoms with Crippen LogP contribution in [0.5, 0.6) is 0 Å². The van der Waals surface area contributed by atoms with Gasteiger partial charge in [0.15, 0.2) is 0 Å². The molecule has 0 unspecified atom stereocenters. The molecule has 1 aliphatic rings. The minimum absolute atomic E-state index is 0.542. The molecular formula is C10H9O2S. The summed E-state index contributed by atoms with van der Waals surface area (Å²) in [5, 5.41) is 1.41. The van der Waals surface area contributed by atoms with Crippen molar-refractivity contribution in [1.82, 2.24) is 0 Å². The first-order valence-corrected chi connectivity index (χ1v) is 5.45. The number of hydrogen-bond donors (Lipinski definition) is 2. The molecule has 0 fully saturated rings. The fourth-order valence-corrected chi connectivity index (χ4v) is 2.38. The van der Waals surface area contributed by atoms with Crippen LogP contribution in [-0.4, -0.2) is 9.11 Å². The fourth-order valence-electron chi connectivity index (χ4n) is 1.21. The average molecular weight is 193 g/mol. The van der Waals surface area contributed by atoms with Crippen molar-refractivity contribution in [2.24, 2.45) is 0 Å². The predicted octanol–water partition coefficient (Wildman–Crippen LogP) is 3.03. The van der Waals surface area contributed by atoms with Crippen molar-refractivity contribution in [2.45, 2.75) is 4.90 Å². The zero-order valence-corrected chi connectivity index (χ0v) is 7.66. The Kier molecular flexibility index (Phi) is 2.00. The smallest absolute Gasteiger partial charge is 0.0708 e. The topological polar surface area (TPSA) is 40.5 Å². The lowest BCUT2D eigenvalue weighted by Crippen LogP contribution is -1.95. The minimum atomic E-state index is -2.75. The van der Waals surface area contributed by atoms with Gasteiger partial charge in [0.05, 0.1) is 4.90 Å².